The summed E-state index contributed by atoms with van der Waals surface area (Å²) in [6.45, 7) is 0.445. The molecule has 1 unspecified atom stereocenters. The normalized spacial score (nSPS) is 21.2. The van der Waals surface area contributed by atoms with Crippen LogP contribution in [0.25, 0.3) is 0 Å². The summed E-state index contributed by atoms with van der Waals surface area (Å²) in [7, 11) is -2.91. The Labute approximate surface area is 124 Å². The third-order valence-corrected chi connectivity index (χ3v) is 5.57. The number of rotatable bonds is 4. The van der Waals surface area contributed by atoms with Crippen molar-refractivity contribution in [3.8, 4) is 0 Å². The van der Waals surface area contributed by atoms with E-state index in [0.29, 0.717) is 18.7 Å². The van der Waals surface area contributed by atoms with Crippen molar-refractivity contribution in [3.05, 3.63) is 31.9 Å². The van der Waals surface area contributed by atoms with E-state index in [1.807, 2.05) is 22.6 Å². The van der Waals surface area contributed by atoms with Gasteiger partial charge in [0.05, 0.1) is 16.4 Å². The second-order valence-corrected chi connectivity index (χ2v) is 8.04. The fourth-order valence-electron chi connectivity index (χ4n) is 2.09. The van der Waals surface area contributed by atoms with Gasteiger partial charge in [-0.2, -0.15) is 0 Å². The van der Waals surface area contributed by atoms with Crippen LogP contribution in [0.3, 0.4) is 0 Å². The van der Waals surface area contributed by atoms with Crippen LogP contribution >= 0.6 is 22.6 Å². The molecular weight excluding hydrogens is 383 g/mol. The van der Waals surface area contributed by atoms with Crippen LogP contribution < -0.4 is 5.32 Å². The fraction of sp³-hybridized carbons (Fsp3) is 0.455. The van der Waals surface area contributed by atoms with Gasteiger partial charge in [-0.1, -0.05) is 0 Å². The van der Waals surface area contributed by atoms with Crippen LogP contribution in [0.15, 0.2) is 18.2 Å². The molecular formula is C11H13IN2O4S. The SMILES string of the molecule is O=[N+]([O-])c1cc(I)ccc1NCC1CCS(=O)(=O)C1. The van der Waals surface area contributed by atoms with Crippen molar-refractivity contribution in [2.45, 2.75) is 6.42 Å². The molecule has 8 heteroatoms. The summed E-state index contributed by atoms with van der Waals surface area (Å²) < 4.78 is 23.5. The largest absolute Gasteiger partial charge is 0.379 e. The molecule has 19 heavy (non-hydrogen) atoms. The molecule has 1 aliphatic heterocycles. The topological polar surface area (TPSA) is 89.3 Å². The van der Waals surface area contributed by atoms with E-state index in [1.54, 1.807) is 12.1 Å². The Kier molecular flexibility index (Phi) is 4.29. The monoisotopic (exact) mass is 396 g/mol. The zero-order valence-electron chi connectivity index (χ0n) is 10.0. The summed E-state index contributed by atoms with van der Waals surface area (Å²) in [6, 6.07) is 4.93. The lowest BCUT2D eigenvalue weighted by atomic mass is 10.1. The van der Waals surface area contributed by atoms with Crippen LogP contribution in [0.1, 0.15) is 6.42 Å². The van der Waals surface area contributed by atoms with Gasteiger partial charge in [-0.3, -0.25) is 10.1 Å². The van der Waals surface area contributed by atoms with E-state index in [4.69, 9.17) is 0 Å². The van der Waals surface area contributed by atoms with Crippen molar-refractivity contribution < 1.29 is 13.3 Å². The summed E-state index contributed by atoms with van der Waals surface area (Å²) in [4.78, 5) is 10.5. The van der Waals surface area contributed by atoms with Gasteiger partial charge >= 0.3 is 0 Å². The van der Waals surface area contributed by atoms with E-state index in [-0.39, 0.29) is 23.1 Å². The summed E-state index contributed by atoms with van der Waals surface area (Å²) >= 11 is 2.01. The van der Waals surface area contributed by atoms with Gasteiger partial charge in [-0.05, 0) is 47.1 Å². The Hall–Kier alpha value is -0.900. The number of sulfone groups is 1. The molecule has 1 heterocycles. The quantitative estimate of drug-likeness (QED) is 0.478. The number of hydrogen-bond acceptors (Lipinski definition) is 5. The smallest absolute Gasteiger partial charge is 0.293 e. The molecule has 0 radical (unpaired) electrons. The van der Waals surface area contributed by atoms with Crippen LogP contribution in [0.2, 0.25) is 0 Å². The minimum atomic E-state index is -2.91. The Morgan fingerprint density at radius 1 is 1.47 bits per heavy atom. The van der Waals surface area contributed by atoms with Crippen LogP contribution in [0.4, 0.5) is 11.4 Å². The van der Waals surface area contributed by atoms with Crippen molar-refractivity contribution in [1.82, 2.24) is 0 Å². The summed E-state index contributed by atoms with van der Waals surface area (Å²) in [5.74, 6) is 0.413. The molecule has 0 aromatic heterocycles. The lowest BCUT2D eigenvalue weighted by Gasteiger charge is -2.11. The molecule has 0 amide bonds. The second-order valence-electron chi connectivity index (χ2n) is 4.57. The first kappa shape index (κ1) is 14.5. The van der Waals surface area contributed by atoms with Gasteiger partial charge in [0.15, 0.2) is 9.84 Å². The third-order valence-electron chi connectivity index (χ3n) is 3.06. The fourth-order valence-corrected chi connectivity index (χ4v) is 4.43. The van der Waals surface area contributed by atoms with Crippen molar-refractivity contribution in [3.63, 3.8) is 0 Å². The standard InChI is InChI=1S/C11H13IN2O4S/c12-9-1-2-10(11(5-9)14(15)16)13-6-8-3-4-19(17,18)7-8/h1-2,5,8,13H,3-4,6-7H2. The molecule has 104 valence electrons. The number of nitrogens with one attached hydrogen (secondary N) is 1. The molecule has 2 rings (SSSR count). The molecule has 0 spiro atoms. The maximum absolute atomic E-state index is 11.3. The molecule has 1 saturated heterocycles. The minimum Gasteiger partial charge on any atom is -0.379 e. The Balaban J connectivity index is 2.06. The van der Waals surface area contributed by atoms with E-state index < -0.39 is 14.8 Å². The molecule has 1 N–H and O–H groups in total. The molecule has 0 aliphatic carbocycles. The van der Waals surface area contributed by atoms with Crippen LogP contribution in [-0.2, 0) is 9.84 Å². The van der Waals surface area contributed by atoms with Crippen molar-refractivity contribution in [2.75, 3.05) is 23.4 Å². The van der Waals surface area contributed by atoms with E-state index in [2.05, 4.69) is 5.32 Å². The number of nitro benzene ring substituents is 1. The molecule has 1 aliphatic rings. The Morgan fingerprint density at radius 3 is 2.79 bits per heavy atom. The number of halogens is 1. The van der Waals surface area contributed by atoms with Gasteiger partial charge in [-0.25, -0.2) is 8.42 Å². The van der Waals surface area contributed by atoms with E-state index in [1.165, 1.54) is 6.07 Å². The molecule has 1 fully saturated rings. The highest BCUT2D eigenvalue weighted by molar-refractivity contribution is 14.1. The average Bonchev–Trinajstić information content (AvgIpc) is 2.67. The number of benzene rings is 1. The summed E-state index contributed by atoms with van der Waals surface area (Å²) in [6.07, 6.45) is 0.619. The third kappa shape index (κ3) is 3.78. The maximum atomic E-state index is 11.3. The Bertz CT molecular complexity index is 603. The second kappa shape index (κ2) is 5.61. The predicted molar refractivity (Wildman–Crippen MR) is 81.1 cm³/mol. The maximum Gasteiger partial charge on any atom is 0.293 e. The Morgan fingerprint density at radius 2 is 2.21 bits per heavy atom. The number of nitrogens with zero attached hydrogens (tertiary/aromatic N) is 1. The number of anilines is 1. The first-order chi connectivity index (χ1) is 8.87. The van der Waals surface area contributed by atoms with Crippen molar-refractivity contribution in [1.29, 1.82) is 0 Å². The first-order valence-corrected chi connectivity index (χ1v) is 8.65. The van der Waals surface area contributed by atoms with E-state index in [0.717, 1.165) is 3.57 Å². The zero-order chi connectivity index (χ0) is 14.0. The van der Waals surface area contributed by atoms with Gasteiger partial charge in [0.25, 0.3) is 5.69 Å². The summed E-state index contributed by atoms with van der Waals surface area (Å²) in [5, 5.41) is 13.9. The molecule has 1 atom stereocenters. The van der Waals surface area contributed by atoms with Gasteiger partial charge < -0.3 is 5.32 Å². The van der Waals surface area contributed by atoms with Gasteiger partial charge in [0.1, 0.15) is 5.69 Å². The van der Waals surface area contributed by atoms with Gasteiger partial charge in [0.2, 0.25) is 0 Å². The highest BCUT2D eigenvalue weighted by atomic mass is 127. The molecule has 1 aromatic rings. The van der Waals surface area contributed by atoms with Crippen molar-refractivity contribution in [2.24, 2.45) is 5.92 Å². The molecule has 0 saturated carbocycles. The highest BCUT2D eigenvalue weighted by Crippen LogP contribution is 2.27. The highest BCUT2D eigenvalue weighted by Gasteiger charge is 2.28. The summed E-state index contributed by atoms with van der Waals surface area (Å²) in [5.41, 5.74) is 0.461. The average molecular weight is 396 g/mol. The van der Waals surface area contributed by atoms with Gasteiger partial charge in [-0.15, -0.1) is 0 Å². The number of nitro groups is 1. The van der Waals surface area contributed by atoms with E-state index in [9.17, 15) is 18.5 Å². The lowest BCUT2D eigenvalue weighted by Crippen LogP contribution is -2.16. The molecule has 6 nitrogen and oxygen atoms in total. The minimum absolute atomic E-state index is 0.0211. The molecule has 0 bridgehead atoms. The lowest BCUT2D eigenvalue weighted by molar-refractivity contribution is -0.384. The van der Waals surface area contributed by atoms with E-state index >= 15 is 0 Å². The van der Waals surface area contributed by atoms with Crippen LogP contribution in [-0.4, -0.2) is 31.4 Å². The number of hydrogen-bond donors (Lipinski definition) is 1. The zero-order valence-corrected chi connectivity index (χ0v) is 13.0. The first-order valence-electron chi connectivity index (χ1n) is 5.75. The molecule has 1 aromatic carbocycles. The van der Waals surface area contributed by atoms with Crippen LogP contribution in [0, 0.1) is 19.6 Å². The van der Waals surface area contributed by atoms with Crippen molar-refractivity contribution >= 4 is 43.8 Å². The van der Waals surface area contributed by atoms with Gasteiger partial charge in [0, 0.05) is 16.2 Å². The van der Waals surface area contributed by atoms with Crippen LogP contribution in [0.5, 0.6) is 0 Å². The predicted octanol–water partition coefficient (Wildman–Crippen LogP) is 2.05.